The molecule has 0 radical (unpaired) electrons. The van der Waals surface area contributed by atoms with Crippen molar-refractivity contribution in [2.45, 2.75) is 81.4 Å². The molecule has 0 fully saturated rings. The van der Waals surface area contributed by atoms with Crippen LogP contribution in [0.15, 0.2) is 164 Å². The zero-order valence-electron chi connectivity index (χ0n) is 51.2. The van der Waals surface area contributed by atoms with Crippen LogP contribution in [-0.2, 0) is 40.2 Å². The number of benzene rings is 7. The molecule has 0 bridgehead atoms. The first-order valence-electron chi connectivity index (χ1n) is 28.4. The zero-order chi connectivity index (χ0) is 57.1. The van der Waals surface area contributed by atoms with E-state index in [-0.39, 0.29) is 43.3 Å². The number of imidazole rings is 1. The van der Waals surface area contributed by atoms with Gasteiger partial charge in [0.1, 0.15) is 5.82 Å². The van der Waals surface area contributed by atoms with E-state index in [0.717, 1.165) is 16.3 Å². The van der Waals surface area contributed by atoms with Crippen molar-refractivity contribution in [3.05, 3.63) is 199 Å². The van der Waals surface area contributed by atoms with Gasteiger partial charge in [0.05, 0.1) is 23.6 Å². The Balaban J connectivity index is 0.00000774. The Hall–Kier alpha value is -6.55. The Morgan fingerprint density at radius 2 is 1.22 bits per heavy atom. The molecule has 0 aliphatic heterocycles. The SMILES string of the molecule is [2H]c1c([2H])c([2H])c(-c2cccc(-c3cc(C([2H])([2H])C(C)(C)C)cc(C([2H])([2H])C(C)(C)C)c3)c2-[n+]2[c-]n(-c3[c-]c(Oc4[c-]c5c(cc4)c4ccccc4n5-c4cc(C([2H])([2H])C(C)(C)C)ccn4)ccc3)c3ccccc32)c([2H])c1[2H].[Pt]. The number of nitrogens with zero attached hydrogens (tertiary/aromatic N) is 4. The molecule has 5 nitrogen and oxygen atoms in total. The normalized spacial score (nSPS) is 15.1. The minimum Gasteiger partial charge on any atom is -0.510 e. The summed E-state index contributed by atoms with van der Waals surface area (Å²) in [6, 6.07) is 43.0. The number of aromatic nitrogens is 4. The van der Waals surface area contributed by atoms with E-state index < -0.39 is 65.6 Å². The fourth-order valence-corrected chi connectivity index (χ4v) is 8.77. The Morgan fingerprint density at radius 3 is 1.93 bits per heavy atom. The predicted molar refractivity (Wildman–Crippen MR) is 280 cm³/mol. The van der Waals surface area contributed by atoms with Gasteiger partial charge in [-0.2, -0.15) is 18.2 Å². The molecule has 0 saturated carbocycles. The monoisotopic (exact) mass is 1090 g/mol. The van der Waals surface area contributed by atoms with E-state index in [1.54, 1.807) is 105 Å². The van der Waals surface area contributed by atoms with Crippen LogP contribution in [0.2, 0.25) is 0 Å². The quantitative estimate of drug-likeness (QED) is 0.101. The van der Waals surface area contributed by atoms with Gasteiger partial charge in [-0.15, -0.1) is 29.7 Å². The third-order valence-electron chi connectivity index (χ3n) is 11.1. The maximum Gasteiger partial charge on any atom is 0.268 e. The molecular formula is C63H60N4OPt-2. The Kier molecular flexibility index (Phi) is 9.66. The van der Waals surface area contributed by atoms with Gasteiger partial charge in [0.25, 0.3) is 6.33 Å². The first kappa shape index (κ1) is 35.5. The second-order valence-corrected chi connectivity index (χ2v) is 20.2. The number of pyridine rings is 1. The molecule has 0 aliphatic carbocycles. The molecular weight excluding hydrogens is 1020 g/mol. The largest absolute Gasteiger partial charge is 0.510 e. The summed E-state index contributed by atoms with van der Waals surface area (Å²) in [5, 5.41) is 1.86. The van der Waals surface area contributed by atoms with Crippen molar-refractivity contribution in [2.75, 3.05) is 0 Å². The van der Waals surface area contributed by atoms with Crippen LogP contribution in [0.25, 0.3) is 72.3 Å². The van der Waals surface area contributed by atoms with Crippen molar-refractivity contribution in [1.82, 2.24) is 14.1 Å². The van der Waals surface area contributed by atoms with Gasteiger partial charge in [-0.25, -0.2) is 4.98 Å². The van der Waals surface area contributed by atoms with Crippen LogP contribution in [0.3, 0.4) is 0 Å². The molecule has 0 saturated heterocycles. The van der Waals surface area contributed by atoms with Gasteiger partial charge >= 0.3 is 0 Å². The number of rotatable bonds is 10. The summed E-state index contributed by atoms with van der Waals surface area (Å²) in [5.74, 6) is 1.26. The summed E-state index contributed by atoms with van der Waals surface area (Å²) in [6.45, 7) is 16.4. The molecule has 3 heterocycles. The van der Waals surface area contributed by atoms with Crippen molar-refractivity contribution >= 4 is 32.8 Å². The summed E-state index contributed by atoms with van der Waals surface area (Å²) in [6.07, 6.45) is -0.395. The average Bonchev–Trinajstić information content (AvgIpc) is 4.15. The summed E-state index contributed by atoms with van der Waals surface area (Å²) in [7, 11) is 0. The fourth-order valence-electron chi connectivity index (χ4n) is 8.77. The van der Waals surface area contributed by atoms with Crippen molar-refractivity contribution in [3.8, 4) is 50.9 Å². The van der Waals surface area contributed by atoms with Gasteiger partial charge < -0.3 is 13.9 Å². The molecule has 7 aromatic carbocycles. The van der Waals surface area contributed by atoms with E-state index >= 15 is 0 Å². The van der Waals surface area contributed by atoms with Gasteiger partial charge in [0.15, 0.2) is 0 Å². The smallest absolute Gasteiger partial charge is 0.268 e. The van der Waals surface area contributed by atoms with Crippen LogP contribution in [0, 0.1) is 34.7 Å². The molecule has 0 aliphatic rings. The van der Waals surface area contributed by atoms with Crippen LogP contribution in [0.5, 0.6) is 11.5 Å². The van der Waals surface area contributed by atoms with Gasteiger partial charge in [-0.1, -0.05) is 177 Å². The molecule has 3 aromatic heterocycles. The van der Waals surface area contributed by atoms with E-state index in [1.165, 1.54) is 0 Å². The molecule has 350 valence electrons. The summed E-state index contributed by atoms with van der Waals surface area (Å²) >= 11 is 0. The summed E-state index contributed by atoms with van der Waals surface area (Å²) in [5.41, 5.74) is 3.28. The van der Waals surface area contributed by atoms with E-state index in [2.05, 4.69) is 18.5 Å². The topological polar surface area (TPSA) is 35.9 Å². The van der Waals surface area contributed by atoms with E-state index in [0.29, 0.717) is 61.9 Å². The van der Waals surface area contributed by atoms with Crippen LogP contribution >= 0.6 is 0 Å². The average molecular weight is 1100 g/mol. The minimum absolute atomic E-state index is 0. The Labute approximate surface area is 438 Å². The molecule has 69 heavy (non-hydrogen) atoms. The van der Waals surface area contributed by atoms with Gasteiger partial charge in [0.2, 0.25) is 0 Å². The molecule has 0 unspecified atom stereocenters. The van der Waals surface area contributed by atoms with Gasteiger partial charge in [-0.05, 0) is 104 Å². The Bertz CT molecular complexity index is 4000. The second kappa shape index (κ2) is 18.7. The number of para-hydroxylation sites is 4. The summed E-state index contributed by atoms with van der Waals surface area (Å²) < 4.78 is 113. The molecule has 0 atom stereocenters. The van der Waals surface area contributed by atoms with Crippen molar-refractivity contribution in [1.29, 1.82) is 0 Å². The van der Waals surface area contributed by atoms with Crippen molar-refractivity contribution < 1.29 is 45.4 Å². The van der Waals surface area contributed by atoms with Gasteiger partial charge in [0, 0.05) is 52.5 Å². The van der Waals surface area contributed by atoms with Crippen LogP contribution in [0.1, 0.15) is 94.1 Å². The first-order valence-corrected chi connectivity index (χ1v) is 22.9. The minimum atomic E-state index is -1.95. The Morgan fingerprint density at radius 1 is 0.594 bits per heavy atom. The first-order chi connectivity index (χ1) is 36.9. The van der Waals surface area contributed by atoms with Crippen molar-refractivity contribution in [2.24, 2.45) is 16.2 Å². The molecule has 0 N–H and O–H groups in total. The maximum atomic E-state index is 9.48. The number of hydrogen-bond acceptors (Lipinski definition) is 2. The maximum absolute atomic E-state index is 9.48. The van der Waals surface area contributed by atoms with Gasteiger partial charge in [-0.3, -0.25) is 4.57 Å². The predicted octanol–water partition coefficient (Wildman–Crippen LogP) is 15.7. The van der Waals surface area contributed by atoms with E-state index in [9.17, 15) is 8.22 Å². The molecule has 0 amide bonds. The zero-order valence-corrected chi connectivity index (χ0v) is 42.5. The molecule has 10 rings (SSSR count). The van der Waals surface area contributed by atoms with Crippen molar-refractivity contribution in [3.63, 3.8) is 0 Å². The van der Waals surface area contributed by atoms with E-state index in [1.807, 2.05) is 104 Å². The molecule has 6 heteroatoms. The second-order valence-electron chi connectivity index (χ2n) is 20.2. The van der Waals surface area contributed by atoms with E-state index in [4.69, 9.17) is 16.6 Å². The standard InChI is InChI=1S/C63H60N4O.Pt/c1-61(2,3)39-43-31-32-64-59(36-43)67-55-26-14-13-23-53(55)54-30-29-50(38-58(54)67)68-49-22-17-21-48(37-49)65-42-66(57-28-16-15-27-56(57)65)60-51(46-19-11-10-12-20-46)24-18-25-52(60)47-34-44(40-62(4,5)6)33-45(35-47)41-63(7,8)9;/h10-36H,39-41H2,1-9H3;/q-2;/i10D,11D,12D,19D,20D,39D2,40D2,41D2;. The molecule has 0 spiro atoms. The number of ether oxygens (including phenoxy) is 1. The van der Waals surface area contributed by atoms with Crippen LogP contribution in [-0.4, -0.2) is 14.1 Å². The number of hydrogen-bond donors (Lipinski definition) is 0. The van der Waals surface area contributed by atoms with Crippen LogP contribution in [0.4, 0.5) is 0 Å². The fraction of sp³-hybridized carbons (Fsp3) is 0.238. The molecule has 10 aromatic rings. The summed E-state index contributed by atoms with van der Waals surface area (Å²) in [4.78, 5) is 4.74. The number of fused-ring (bicyclic) bond motifs is 4. The third-order valence-corrected chi connectivity index (χ3v) is 11.1. The third kappa shape index (κ3) is 10.3. The van der Waals surface area contributed by atoms with Crippen LogP contribution < -0.4 is 9.30 Å².